The molecule has 26 heavy (non-hydrogen) atoms. The summed E-state index contributed by atoms with van der Waals surface area (Å²) < 4.78 is 0. The van der Waals surface area contributed by atoms with Gasteiger partial charge in [-0.15, -0.1) is 24.0 Å². The van der Waals surface area contributed by atoms with Gasteiger partial charge < -0.3 is 20.4 Å². The molecule has 1 aromatic carbocycles. The van der Waals surface area contributed by atoms with Gasteiger partial charge in [0.15, 0.2) is 5.96 Å². The number of nitrogens with zero attached hydrogens (tertiary/aromatic N) is 3. The summed E-state index contributed by atoms with van der Waals surface area (Å²) in [5, 5.41) is 6.46. The lowest BCUT2D eigenvalue weighted by Gasteiger charge is -2.36. The lowest BCUT2D eigenvalue weighted by Crippen LogP contribution is -2.49. The van der Waals surface area contributed by atoms with Crippen LogP contribution >= 0.6 is 24.0 Å². The van der Waals surface area contributed by atoms with E-state index in [0.717, 1.165) is 58.1 Å². The summed E-state index contributed by atoms with van der Waals surface area (Å²) in [7, 11) is 0. The van der Waals surface area contributed by atoms with Crippen LogP contribution in [0.1, 0.15) is 26.7 Å². The lowest BCUT2D eigenvalue weighted by atomic mass is 10.2. The first-order chi connectivity index (χ1) is 12.2. The zero-order valence-electron chi connectivity index (χ0n) is 15.9. The van der Waals surface area contributed by atoms with Crippen molar-refractivity contribution in [2.45, 2.75) is 26.7 Å². The van der Waals surface area contributed by atoms with Crippen molar-refractivity contribution in [1.29, 1.82) is 0 Å². The first-order valence-corrected chi connectivity index (χ1v) is 9.34. The van der Waals surface area contributed by atoms with Crippen molar-refractivity contribution in [3.8, 4) is 0 Å². The highest BCUT2D eigenvalue weighted by Gasteiger charge is 2.20. The SMILES string of the molecule is CCCCNC(=NCC(=O)N1CCN(c2ccccc2)CC1)NCC.I. The molecule has 7 heteroatoms. The molecule has 0 radical (unpaired) electrons. The van der Waals surface area contributed by atoms with Crippen molar-refractivity contribution in [3.63, 3.8) is 0 Å². The fourth-order valence-corrected chi connectivity index (χ4v) is 2.82. The monoisotopic (exact) mass is 473 g/mol. The van der Waals surface area contributed by atoms with Crippen LogP contribution in [0.3, 0.4) is 0 Å². The zero-order chi connectivity index (χ0) is 17.9. The number of carbonyl (C=O) groups is 1. The van der Waals surface area contributed by atoms with Crippen LogP contribution in [-0.4, -0.2) is 62.6 Å². The highest BCUT2D eigenvalue weighted by Crippen LogP contribution is 2.15. The largest absolute Gasteiger partial charge is 0.368 e. The number of aliphatic imine (C=N–C) groups is 1. The predicted molar refractivity (Wildman–Crippen MR) is 120 cm³/mol. The van der Waals surface area contributed by atoms with Gasteiger partial charge >= 0.3 is 0 Å². The van der Waals surface area contributed by atoms with Crippen molar-refractivity contribution >= 4 is 41.5 Å². The standard InChI is InChI=1S/C19H31N5O.HI/c1-3-5-11-21-19(20-4-2)22-16-18(25)24-14-12-23(13-15-24)17-9-7-6-8-10-17;/h6-10H,3-5,11-16H2,1-2H3,(H2,20,21,22);1H. The van der Waals surface area contributed by atoms with E-state index >= 15 is 0 Å². The molecule has 0 bridgehead atoms. The van der Waals surface area contributed by atoms with Crippen LogP contribution in [0.4, 0.5) is 5.69 Å². The molecule has 2 rings (SSSR count). The molecule has 0 aromatic heterocycles. The summed E-state index contributed by atoms with van der Waals surface area (Å²) in [6, 6.07) is 10.4. The van der Waals surface area contributed by atoms with E-state index in [1.54, 1.807) is 0 Å². The Morgan fingerprint density at radius 2 is 1.77 bits per heavy atom. The third-order valence-electron chi connectivity index (χ3n) is 4.29. The van der Waals surface area contributed by atoms with E-state index in [2.05, 4.69) is 51.7 Å². The molecule has 1 aliphatic rings. The lowest BCUT2D eigenvalue weighted by molar-refractivity contribution is -0.129. The highest BCUT2D eigenvalue weighted by atomic mass is 127. The van der Waals surface area contributed by atoms with Gasteiger partial charge in [-0.25, -0.2) is 4.99 Å². The van der Waals surface area contributed by atoms with Gasteiger partial charge in [-0.3, -0.25) is 4.79 Å². The van der Waals surface area contributed by atoms with Crippen LogP contribution in [0, 0.1) is 0 Å². The van der Waals surface area contributed by atoms with Crippen LogP contribution in [0.15, 0.2) is 35.3 Å². The van der Waals surface area contributed by atoms with E-state index in [-0.39, 0.29) is 36.4 Å². The van der Waals surface area contributed by atoms with Crippen LogP contribution in [0.25, 0.3) is 0 Å². The minimum absolute atomic E-state index is 0. The maximum absolute atomic E-state index is 12.4. The van der Waals surface area contributed by atoms with E-state index in [0.29, 0.717) is 0 Å². The number of rotatable bonds is 7. The van der Waals surface area contributed by atoms with E-state index in [9.17, 15) is 4.79 Å². The van der Waals surface area contributed by atoms with Gasteiger partial charge in [0.2, 0.25) is 5.91 Å². The van der Waals surface area contributed by atoms with Crippen molar-refractivity contribution in [2.24, 2.45) is 4.99 Å². The molecular weight excluding hydrogens is 441 g/mol. The summed E-state index contributed by atoms with van der Waals surface area (Å²) in [5.74, 6) is 0.827. The topological polar surface area (TPSA) is 60.0 Å². The average Bonchev–Trinajstić information content (AvgIpc) is 2.67. The molecule has 1 saturated heterocycles. The van der Waals surface area contributed by atoms with Crippen molar-refractivity contribution in [3.05, 3.63) is 30.3 Å². The Morgan fingerprint density at radius 3 is 2.38 bits per heavy atom. The Labute approximate surface area is 174 Å². The molecule has 0 saturated carbocycles. The molecule has 0 unspecified atom stereocenters. The van der Waals surface area contributed by atoms with Crippen LogP contribution < -0.4 is 15.5 Å². The smallest absolute Gasteiger partial charge is 0.244 e. The van der Waals surface area contributed by atoms with Gasteiger partial charge in [-0.2, -0.15) is 0 Å². The summed E-state index contributed by atoms with van der Waals surface area (Å²) in [6.45, 7) is 9.31. The Balaban J connectivity index is 0.00000338. The van der Waals surface area contributed by atoms with Crippen LogP contribution in [-0.2, 0) is 4.79 Å². The highest BCUT2D eigenvalue weighted by molar-refractivity contribution is 14.0. The minimum atomic E-state index is 0. The zero-order valence-corrected chi connectivity index (χ0v) is 18.2. The fourth-order valence-electron chi connectivity index (χ4n) is 2.82. The minimum Gasteiger partial charge on any atom is -0.368 e. The molecule has 0 aliphatic carbocycles. The Kier molecular flexibility index (Phi) is 11.1. The van der Waals surface area contributed by atoms with Crippen molar-refractivity contribution < 1.29 is 4.79 Å². The number of hydrogen-bond acceptors (Lipinski definition) is 3. The number of amides is 1. The summed E-state index contributed by atoms with van der Waals surface area (Å²) in [5.41, 5.74) is 1.22. The van der Waals surface area contributed by atoms with Gasteiger partial charge in [0.1, 0.15) is 6.54 Å². The summed E-state index contributed by atoms with van der Waals surface area (Å²) in [6.07, 6.45) is 2.23. The number of guanidine groups is 1. The number of unbranched alkanes of at least 4 members (excludes halogenated alkanes) is 1. The van der Waals surface area contributed by atoms with E-state index < -0.39 is 0 Å². The second kappa shape index (κ2) is 12.8. The van der Waals surface area contributed by atoms with Gasteiger partial charge in [-0.05, 0) is 25.5 Å². The normalized spacial score (nSPS) is 14.6. The number of anilines is 1. The number of hydrogen-bond donors (Lipinski definition) is 2. The first-order valence-electron chi connectivity index (χ1n) is 9.34. The number of piperazine rings is 1. The van der Waals surface area contributed by atoms with E-state index in [1.807, 2.05) is 17.9 Å². The molecule has 1 aromatic rings. The number of halogens is 1. The molecule has 1 amide bonds. The van der Waals surface area contributed by atoms with E-state index in [4.69, 9.17) is 0 Å². The van der Waals surface area contributed by atoms with Crippen molar-refractivity contribution in [1.82, 2.24) is 15.5 Å². The first kappa shape index (κ1) is 22.5. The number of para-hydroxylation sites is 1. The van der Waals surface area contributed by atoms with Crippen molar-refractivity contribution in [2.75, 3.05) is 50.7 Å². The Bertz CT molecular complexity index is 544. The van der Waals surface area contributed by atoms with Gasteiger partial charge in [0.25, 0.3) is 0 Å². The Hall–Kier alpha value is -1.51. The summed E-state index contributed by atoms with van der Waals surface area (Å²) >= 11 is 0. The third kappa shape index (κ3) is 7.39. The predicted octanol–water partition coefficient (Wildman–Crippen LogP) is 2.31. The quantitative estimate of drug-likeness (QED) is 0.276. The van der Waals surface area contributed by atoms with E-state index in [1.165, 1.54) is 5.69 Å². The molecule has 0 spiro atoms. The molecular formula is C19H32IN5O. The van der Waals surface area contributed by atoms with Gasteiger partial charge in [0.05, 0.1) is 0 Å². The second-order valence-electron chi connectivity index (χ2n) is 6.18. The van der Waals surface area contributed by atoms with Gasteiger partial charge in [0, 0.05) is 45.0 Å². The number of benzene rings is 1. The molecule has 6 nitrogen and oxygen atoms in total. The molecule has 146 valence electrons. The van der Waals surface area contributed by atoms with Gasteiger partial charge in [-0.1, -0.05) is 31.5 Å². The summed E-state index contributed by atoms with van der Waals surface area (Å²) in [4.78, 5) is 21.1. The third-order valence-corrected chi connectivity index (χ3v) is 4.29. The van der Waals surface area contributed by atoms with Crippen LogP contribution in [0.5, 0.6) is 0 Å². The molecule has 0 atom stereocenters. The maximum atomic E-state index is 12.4. The Morgan fingerprint density at radius 1 is 1.08 bits per heavy atom. The maximum Gasteiger partial charge on any atom is 0.244 e. The average molecular weight is 473 g/mol. The second-order valence-corrected chi connectivity index (χ2v) is 6.18. The molecule has 1 aliphatic heterocycles. The molecule has 1 heterocycles. The number of nitrogens with one attached hydrogen (secondary N) is 2. The van der Waals surface area contributed by atoms with Crippen LogP contribution in [0.2, 0.25) is 0 Å². The molecule has 2 N–H and O–H groups in total. The molecule has 1 fully saturated rings. The number of carbonyl (C=O) groups excluding carboxylic acids is 1. The fraction of sp³-hybridized carbons (Fsp3) is 0.579.